The maximum absolute atomic E-state index is 13.1. The Kier molecular flexibility index (Phi) is 6.70. The van der Waals surface area contributed by atoms with E-state index >= 15 is 0 Å². The van der Waals surface area contributed by atoms with E-state index in [4.69, 9.17) is 0 Å². The van der Waals surface area contributed by atoms with Gasteiger partial charge in [0.15, 0.2) is 11.4 Å². The molecule has 1 amide bonds. The Hall–Kier alpha value is -2.41. The molecular weight excluding hydrogens is 410 g/mol. The molecule has 0 spiro atoms. The van der Waals surface area contributed by atoms with E-state index in [0.29, 0.717) is 11.8 Å². The van der Waals surface area contributed by atoms with Crippen molar-refractivity contribution in [2.24, 2.45) is 35.5 Å². The number of carbonyl (C=O) groups excluding carboxylic acids is 2. The summed E-state index contributed by atoms with van der Waals surface area (Å²) in [7, 11) is 0. The first-order chi connectivity index (χ1) is 14.9. The third-order valence-corrected chi connectivity index (χ3v) is 7.68. The minimum absolute atomic E-state index is 0.0883. The summed E-state index contributed by atoms with van der Waals surface area (Å²) in [6.07, 6.45) is 7.85. The van der Waals surface area contributed by atoms with Crippen LogP contribution in [-0.4, -0.2) is 44.6 Å². The number of aliphatic hydroxyl groups is 2. The highest BCUT2D eigenvalue weighted by molar-refractivity contribution is 6.27. The number of aliphatic hydroxyl groups excluding tert-OH is 1. The molecule has 2 fully saturated rings. The molecule has 1 aliphatic heterocycles. The predicted molar refractivity (Wildman–Crippen MR) is 120 cm³/mol. The third-order valence-electron chi connectivity index (χ3n) is 7.68. The Morgan fingerprint density at radius 3 is 2.47 bits per heavy atom. The van der Waals surface area contributed by atoms with Gasteiger partial charge in [0, 0.05) is 18.3 Å². The normalized spacial score (nSPS) is 38.7. The van der Waals surface area contributed by atoms with E-state index in [0.717, 1.165) is 25.3 Å². The lowest BCUT2D eigenvalue weighted by atomic mass is 9.57. The molecule has 0 aromatic heterocycles. The summed E-state index contributed by atoms with van der Waals surface area (Å²) in [6.45, 7) is 9.40. The highest BCUT2D eigenvalue weighted by atomic mass is 16.4. The first kappa shape index (κ1) is 24.2. The molecule has 3 aliphatic rings. The second kappa shape index (κ2) is 8.85. The Morgan fingerprint density at radius 1 is 1.22 bits per heavy atom. The van der Waals surface area contributed by atoms with Crippen molar-refractivity contribution in [3.8, 4) is 0 Å². The van der Waals surface area contributed by atoms with Crippen molar-refractivity contribution in [2.45, 2.75) is 65.5 Å². The molecule has 4 N–H and O–H groups in total. The zero-order chi connectivity index (χ0) is 24.0. The monoisotopic (exact) mass is 445 g/mol. The second-order valence-corrected chi connectivity index (χ2v) is 10.2. The molecule has 7 nitrogen and oxygen atoms in total. The van der Waals surface area contributed by atoms with Gasteiger partial charge < -0.3 is 20.6 Å². The van der Waals surface area contributed by atoms with Gasteiger partial charge in [0.05, 0.1) is 6.04 Å². The topological polar surface area (TPSA) is 124 Å². The summed E-state index contributed by atoms with van der Waals surface area (Å²) < 4.78 is 0. The number of hydrogen-bond acceptors (Lipinski definition) is 5. The van der Waals surface area contributed by atoms with Crippen LogP contribution in [0.2, 0.25) is 0 Å². The van der Waals surface area contributed by atoms with E-state index < -0.39 is 41.6 Å². The van der Waals surface area contributed by atoms with Gasteiger partial charge in [-0.15, -0.1) is 0 Å². The molecule has 1 saturated carbocycles. The third kappa shape index (κ3) is 4.27. The highest BCUT2D eigenvalue weighted by Crippen LogP contribution is 2.51. The summed E-state index contributed by atoms with van der Waals surface area (Å²) in [5, 5.41) is 33.2. The quantitative estimate of drug-likeness (QED) is 0.223. The van der Waals surface area contributed by atoms with Crippen molar-refractivity contribution in [1.82, 2.24) is 5.32 Å². The molecule has 0 aromatic carbocycles. The van der Waals surface area contributed by atoms with Crippen LogP contribution < -0.4 is 5.32 Å². The lowest BCUT2D eigenvalue weighted by Gasteiger charge is -2.47. The van der Waals surface area contributed by atoms with Crippen molar-refractivity contribution in [3.63, 3.8) is 0 Å². The number of aliphatic carboxylic acids is 1. The molecule has 0 unspecified atom stereocenters. The fourth-order valence-corrected chi connectivity index (χ4v) is 5.98. The molecule has 176 valence electrons. The van der Waals surface area contributed by atoms with E-state index in [1.165, 1.54) is 0 Å². The largest absolute Gasteiger partial charge is 0.511 e. The average Bonchev–Trinajstić information content (AvgIpc) is 2.98. The van der Waals surface area contributed by atoms with Crippen LogP contribution in [0.3, 0.4) is 0 Å². The number of allylic oxidation sites excluding steroid dienone is 5. The van der Waals surface area contributed by atoms with Gasteiger partial charge in [0.1, 0.15) is 11.3 Å². The van der Waals surface area contributed by atoms with Crippen molar-refractivity contribution in [2.75, 3.05) is 0 Å². The van der Waals surface area contributed by atoms with E-state index in [1.807, 2.05) is 19.9 Å². The molecule has 0 aromatic rings. The number of ketones is 1. The summed E-state index contributed by atoms with van der Waals surface area (Å²) in [5.41, 5.74) is -1.41. The molecule has 1 saturated heterocycles. The lowest BCUT2D eigenvalue weighted by Crippen LogP contribution is -2.43. The lowest BCUT2D eigenvalue weighted by molar-refractivity contribution is -0.158. The molecule has 0 radical (unpaired) electrons. The van der Waals surface area contributed by atoms with Gasteiger partial charge in [-0.25, -0.2) is 4.79 Å². The number of carbonyl (C=O) groups is 3. The summed E-state index contributed by atoms with van der Waals surface area (Å²) in [5.74, 6) is -2.39. The molecule has 32 heavy (non-hydrogen) atoms. The second-order valence-electron chi connectivity index (χ2n) is 10.2. The van der Waals surface area contributed by atoms with Gasteiger partial charge in [-0.3, -0.25) is 9.59 Å². The predicted octanol–water partition coefficient (Wildman–Crippen LogP) is 3.16. The standard InChI is InChI=1S/C25H35NO6/c1-6-13(3)16-8-7-15-10-12(2)9-14(4)18(15)19(16)22(28)20-21(27)17(26-23(20)29)11-25(5,32)24(30)31/h6-8,12,14-19,28,32H,9-11H2,1-5H3,(H,26,29)(H,30,31)/b13-6+,22-20?/t12-,14+,15-,16+,17+,18+,19-,25+/m1/s1. The summed E-state index contributed by atoms with van der Waals surface area (Å²) in [4.78, 5) is 37.1. The number of carboxylic acid groups (broad SMARTS) is 1. The van der Waals surface area contributed by atoms with Gasteiger partial charge in [0.25, 0.3) is 5.91 Å². The van der Waals surface area contributed by atoms with Crippen LogP contribution >= 0.6 is 0 Å². The van der Waals surface area contributed by atoms with Crippen molar-refractivity contribution < 1.29 is 29.7 Å². The van der Waals surface area contributed by atoms with Gasteiger partial charge in [-0.1, -0.05) is 37.6 Å². The van der Waals surface area contributed by atoms with E-state index in [1.54, 1.807) is 0 Å². The smallest absolute Gasteiger partial charge is 0.335 e. The van der Waals surface area contributed by atoms with Crippen molar-refractivity contribution >= 4 is 17.7 Å². The van der Waals surface area contributed by atoms with Gasteiger partial charge >= 0.3 is 5.97 Å². The highest BCUT2D eigenvalue weighted by Gasteiger charge is 2.49. The molecular formula is C25H35NO6. The van der Waals surface area contributed by atoms with E-state index in [2.05, 4.69) is 31.3 Å². The molecule has 7 heteroatoms. The van der Waals surface area contributed by atoms with Crippen LogP contribution in [-0.2, 0) is 14.4 Å². The maximum atomic E-state index is 13.1. The van der Waals surface area contributed by atoms with Crippen LogP contribution in [0.5, 0.6) is 0 Å². The van der Waals surface area contributed by atoms with Crippen LogP contribution in [0.1, 0.15) is 53.9 Å². The maximum Gasteiger partial charge on any atom is 0.335 e. The van der Waals surface area contributed by atoms with E-state index in [-0.39, 0.29) is 29.1 Å². The minimum atomic E-state index is -2.17. The van der Waals surface area contributed by atoms with Crippen LogP contribution in [0.4, 0.5) is 0 Å². The van der Waals surface area contributed by atoms with Crippen molar-refractivity contribution in [1.29, 1.82) is 0 Å². The number of fused-ring (bicyclic) bond motifs is 1. The number of carboxylic acids is 1. The zero-order valence-corrected chi connectivity index (χ0v) is 19.5. The zero-order valence-electron chi connectivity index (χ0n) is 19.5. The Balaban J connectivity index is 2.04. The Bertz CT molecular complexity index is 898. The molecule has 2 aliphatic carbocycles. The fourth-order valence-electron chi connectivity index (χ4n) is 5.98. The van der Waals surface area contributed by atoms with Crippen LogP contribution in [0.25, 0.3) is 0 Å². The number of rotatable bonds is 5. The van der Waals surface area contributed by atoms with Gasteiger partial charge in [0.2, 0.25) is 0 Å². The summed E-state index contributed by atoms with van der Waals surface area (Å²) >= 11 is 0. The number of nitrogens with one attached hydrogen (secondary N) is 1. The number of hydrogen-bond donors (Lipinski definition) is 4. The SMILES string of the molecule is C/C=C(\C)[C@@H]1C=C[C@@H]2C[C@H](C)C[C@H](C)[C@@H]2[C@@H]1C(O)=C1C(=O)N[C@@H](C[C@](C)(O)C(=O)O)C1=O. The molecule has 3 rings (SSSR count). The van der Waals surface area contributed by atoms with Crippen LogP contribution in [0.15, 0.2) is 35.1 Å². The number of amides is 1. The van der Waals surface area contributed by atoms with Crippen molar-refractivity contribution in [3.05, 3.63) is 35.1 Å². The van der Waals surface area contributed by atoms with Gasteiger partial charge in [-0.05, 0) is 57.3 Å². The first-order valence-electron chi connectivity index (χ1n) is 11.4. The summed E-state index contributed by atoms with van der Waals surface area (Å²) in [6, 6.07) is -1.19. The molecule has 0 bridgehead atoms. The Labute approximate surface area is 189 Å². The van der Waals surface area contributed by atoms with Crippen LogP contribution in [0, 0.1) is 35.5 Å². The Morgan fingerprint density at radius 2 is 1.88 bits per heavy atom. The van der Waals surface area contributed by atoms with E-state index in [9.17, 15) is 29.7 Å². The minimum Gasteiger partial charge on any atom is -0.511 e. The molecule has 1 heterocycles. The average molecular weight is 446 g/mol. The first-order valence-corrected chi connectivity index (χ1v) is 11.4. The molecule has 8 atom stereocenters. The van der Waals surface area contributed by atoms with Gasteiger partial charge in [-0.2, -0.15) is 0 Å². The number of Topliss-reactive ketones (excluding diaryl/α,β-unsaturated/α-hetero) is 1. The fraction of sp³-hybridized carbons (Fsp3) is 0.640.